The van der Waals surface area contributed by atoms with Gasteiger partial charge in [-0.3, -0.25) is 10.00 Å². The molecule has 0 spiro atoms. The molecule has 2 aromatic rings. The smallest absolute Gasteiger partial charge is 0.212 e. The molecule has 0 fully saturated rings. The SMILES string of the molecule is COc1ccc(CN(C)Cc2n[nH]c3c2CCC3)cn1. The van der Waals surface area contributed by atoms with Crippen LogP contribution >= 0.6 is 0 Å². The van der Waals surface area contributed by atoms with E-state index in [0.29, 0.717) is 5.88 Å². The third-order valence-electron chi connectivity index (χ3n) is 3.77. The number of aromatic nitrogens is 3. The van der Waals surface area contributed by atoms with E-state index in [0.717, 1.165) is 19.5 Å². The molecule has 1 N–H and O–H groups in total. The van der Waals surface area contributed by atoms with Gasteiger partial charge in [0.25, 0.3) is 0 Å². The Labute approximate surface area is 119 Å². The molecular weight excluding hydrogens is 252 g/mol. The predicted molar refractivity (Wildman–Crippen MR) is 76.6 cm³/mol. The van der Waals surface area contributed by atoms with Crippen molar-refractivity contribution in [1.29, 1.82) is 0 Å². The Bertz CT molecular complexity index is 576. The summed E-state index contributed by atoms with van der Waals surface area (Å²) in [5, 5.41) is 7.61. The van der Waals surface area contributed by atoms with E-state index in [-0.39, 0.29) is 0 Å². The molecular formula is C15H20N4O. The van der Waals surface area contributed by atoms with Crippen molar-refractivity contribution in [1.82, 2.24) is 20.1 Å². The molecule has 0 aromatic carbocycles. The zero-order chi connectivity index (χ0) is 13.9. The first-order valence-electron chi connectivity index (χ1n) is 6.98. The lowest BCUT2D eigenvalue weighted by molar-refractivity contribution is 0.313. The van der Waals surface area contributed by atoms with Crippen LogP contribution < -0.4 is 4.74 Å². The Morgan fingerprint density at radius 2 is 2.20 bits per heavy atom. The number of fused-ring (bicyclic) bond motifs is 1. The topological polar surface area (TPSA) is 54.0 Å². The number of nitrogens with zero attached hydrogens (tertiary/aromatic N) is 3. The summed E-state index contributed by atoms with van der Waals surface area (Å²) in [5.74, 6) is 0.654. The lowest BCUT2D eigenvalue weighted by Crippen LogP contribution is -2.18. The summed E-state index contributed by atoms with van der Waals surface area (Å²) >= 11 is 0. The Morgan fingerprint density at radius 1 is 1.30 bits per heavy atom. The zero-order valence-electron chi connectivity index (χ0n) is 12.0. The molecule has 2 heterocycles. The van der Waals surface area contributed by atoms with Gasteiger partial charge in [0.2, 0.25) is 5.88 Å². The van der Waals surface area contributed by atoms with Crippen LogP contribution in [-0.4, -0.2) is 34.2 Å². The highest BCUT2D eigenvalue weighted by atomic mass is 16.5. The van der Waals surface area contributed by atoms with Gasteiger partial charge in [0.05, 0.1) is 12.8 Å². The Kier molecular flexibility index (Phi) is 3.69. The summed E-state index contributed by atoms with van der Waals surface area (Å²) in [6, 6.07) is 3.95. The van der Waals surface area contributed by atoms with Gasteiger partial charge in [-0.15, -0.1) is 0 Å². The first-order valence-corrected chi connectivity index (χ1v) is 6.98. The van der Waals surface area contributed by atoms with Gasteiger partial charge in [-0.05, 0) is 37.4 Å². The van der Waals surface area contributed by atoms with E-state index < -0.39 is 0 Å². The fourth-order valence-electron chi connectivity index (χ4n) is 2.77. The summed E-state index contributed by atoms with van der Waals surface area (Å²) in [6.07, 6.45) is 5.43. The highest BCUT2D eigenvalue weighted by molar-refractivity contribution is 5.29. The summed E-state index contributed by atoms with van der Waals surface area (Å²) < 4.78 is 5.07. The zero-order valence-corrected chi connectivity index (χ0v) is 12.0. The van der Waals surface area contributed by atoms with Gasteiger partial charge in [-0.25, -0.2) is 4.98 Å². The van der Waals surface area contributed by atoms with Crippen molar-refractivity contribution in [3.05, 3.63) is 40.8 Å². The van der Waals surface area contributed by atoms with Crippen LogP contribution in [-0.2, 0) is 25.9 Å². The number of nitrogens with one attached hydrogen (secondary N) is 1. The van der Waals surface area contributed by atoms with Crippen LogP contribution in [0.25, 0.3) is 0 Å². The molecule has 0 amide bonds. The number of H-pyrrole nitrogens is 1. The fraction of sp³-hybridized carbons (Fsp3) is 0.467. The summed E-state index contributed by atoms with van der Waals surface area (Å²) in [4.78, 5) is 6.50. The van der Waals surface area contributed by atoms with Crippen LogP contribution in [0.1, 0.15) is 28.9 Å². The first-order chi connectivity index (χ1) is 9.76. The Hall–Kier alpha value is -1.88. The first kappa shape index (κ1) is 13.1. The number of rotatable bonds is 5. The molecule has 0 unspecified atom stereocenters. The van der Waals surface area contributed by atoms with Crippen molar-refractivity contribution < 1.29 is 4.74 Å². The van der Waals surface area contributed by atoms with Crippen molar-refractivity contribution >= 4 is 0 Å². The van der Waals surface area contributed by atoms with Crippen molar-refractivity contribution in [3.63, 3.8) is 0 Å². The van der Waals surface area contributed by atoms with E-state index in [1.807, 2.05) is 12.3 Å². The number of aromatic amines is 1. The second-order valence-corrected chi connectivity index (χ2v) is 5.36. The largest absolute Gasteiger partial charge is 0.481 e. The van der Waals surface area contributed by atoms with Crippen molar-refractivity contribution in [3.8, 4) is 5.88 Å². The summed E-state index contributed by atoms with van der Waals surface area (Å²) in [5.41, 5.74) is 5.14. The molecule has 106 valence electrons. The molecule has 3 rings (SSSR count). The molecule has 0 saturated heterocycles. The van der Waals surface area contributed by atoms with E-state index in [2.05, 4.69) is 33.2 Å². The molecule has 2 aromatic heterocycles. The Balaban J connectivity index is 1.62. The average molecular weight is 272 g/mol. The molecule has 1 aliphatic carbocycles. The van der Waals surface area contributed by atoms with Gasteiger partial charge in [-0.1, -0.05) is 6.07 Å². The second-order valence-electron chi connectivity index (χ2n) is 5.36. The van der Waals surface area contributed by atoms with Gasteiger partial charge in [-0.2, -0.15) is 5.10 Å². The van der Waals surface area contributed by atoms with Crippen LogP contribution in [0.15, 0.2) is 18.3 Å². The normalized spacial score (nSPS) is 13.8. The third kappa shape index (κ3) is 2.67. The number of aryl methyl sites for hydroxylation is 1. The van der Waals surface area contributed by atoms with Crippen molar-refractivity contribution in [2.24, 2.45) is 0 Å². The van der Waals surface area contributed by atoms with Crippen LogP contribution in [0.4, 0.5) is 0 Å². The Morgan fingerprint density at radius 3 is 2.95 bits per heavy atom. The summed E-state index contributed by atoms with van der Waals surface area (Å²) in [6.45, 7) is 1.73. The van der Waals surface area contributed by atoms with Gasteiger partial charge in [0, 0.05) is 31.0 Å². The molecule has 0 atom stereocenters. The van der Waals surface area contributed by atoms with Crippen molar-refractivity contribution in [2.45, 2.75) is 32.4 Å². The maximum atomic E-state index is 5.07. The maximum absolute atomic E-state index is 5.07. The lowest BCUT2D eigenvalue weighted by Gasteiger charge is -2.16. The van der Waals surface area contributed by atoms with Gasteiger partial charge in [0.1, 0.15) is 0 Å². The van der Waals surface area contributed by atoms with Gasteiger partial charge in [0.15, 0.2) is 0 Å². The molecule has 0 aliphatic heterocycles. The van der Waals surface area contributed by atoms with Crippen LogP contribution in [0.2, 0.25) is 0 Å². The predicted octanol–water partition coefficient (Wildman–Crippen LogP) is 1.93. The van der Waals surface area contributed by atoms with Crippen LogP contribution in [0.3, 0.4) is 0 Å². The van der Waals surface area contributed by atoms with Crippen molar-refractivity contribution in [2.75, 3.05) is 14.2 Å². The van der Waals surface area contributed by atoms with E-state index in [1.54, 1.807) is 7.11 Å². The fourth-order valence-corrected chi connectivity index (χ4v) is 2.77. The molecule has 0 saturated carbocycles. The second kappa shape index (κ2) is 5.63. The number of hydrogen-bond acceptors (Lipinski definition) is 4. The average Bonchev–Trinajstić information content (AvgIpc) is 3.05. The van der Waals surface area contributed by atoms with E-state index in [4.69, 9.17) is 4.74 Å². The quantitative estimate of drug-likeness (QED) is 0.903. The minimum atomic E-state index is 0.654. The summed E-state index contributed by atoms with van der Waals surface area (Å²) in [7, 11) is 3.74. The molecule has 5 heteroatoms. The lowest BCUT2D eigenvalue weighted by atomic mass is 10.2. The maximum Gasteiger partial charge on any atom is 0.212 e. The van der Waals surface area contributed by atoms with Gasteiger partial charge < -0.3 is 4.74 Å². The van der Waals surface area contributed by atoms with E-state index >= 15 is 0 Å². The minimum absolute atomic E-state index is 0.654. The minimum Gasteiger partial charge on any atom is -0.481 e. The molecule has 5 nitrogen and oxygen atoms in total. The number of hydrogen-bond donors (Lipinski definition) is 1. The number of pyridine rings is 1. The monoisotopic (exact) mass is 272 g/mol. The van der Waals surface area contributed by atoms with Crippen LogP contribution in [0.5, 0.6) is 5.88 Å². The highest BCUT2D eigenvalue weighted by Gasteiger charge is 2.19. The van der Waals surface area contributed by atoms with E-state index in [9.17, 15) is 0 Å². The molecule has 0 radical (unpaired) electrons. The van der Waals surface area contributed by atoms with Crippen LogP contribution in [0, 0.1) is 0 Å². The van der Waals surface area contributed by atoms with Gasteiger partial charge >= 0.3 is 0 Å². The molecule has 20 heavy (non-hydrogen) atoms. The molecule has 1 aliphatic rings. The third-order valence-corrected chi connectivity index (χ3v) is 3.77. The number of ether oxygens (including phenoxy) is 1. The number of methoxy groups -OCH3 is 1. The van der Waals surface area contributed by atoms with E-state index in [1.165, 1.54) is 35.4 Å². The highest BCUT2D eigenvalue weighted by Crippen LogP contribution is 2.23. The standard InChI is InChI=1S/C15H20N4O/c1-19(9-11-6-7-15(20-2)16-8-11)10-14-12-4-3-5-13(12)17-18-14/h6-8H,3-5,9-10H2,1-2H3,(H,17,18). The molecule has 0 bridgehead atoms.